The van der Waals surface area contributed by atoms with Crippen molar-refractivity contribution in [3.63, 3.8) is 0 Å². The average Bonchev–Trinajstić information content (AvgIpc) is 2.72. The van der Waals surface area contributed by atoms with Crippen LogP contribution in [-0.4, -0.2) is 38.1 Å². The molecule has 0 radical (unpaired) electrons. The molecule has 0 unspecified atom stereocenters. The molecule has 1 N–H and O–H groups in total. The Morgan fingerprint density at radius 1 is 0.893 bits per heavy atom. The number of carbonyl (C=O) groups excluding carboxylic acids is 1. The van der Waals surface area contributed by atoms with Gasteiger partial charge in [0.05, 0.1) is 11.4 Å². The largest absolute Gasteiger partial charge is 0.378 e. The average molecular weight is 397 g/mol. The van der Waals surface area contributed by atoms with Gasteiger partial charge < -0.3 is 5.32 Å². The maximum Gasteiger partial charge on any atom is 0.243 e. The monoisotopic (exact) mass is 396 g/mol. The fraction of sp³-hybridized carbons (Fsp3) is 0.227. The van der Waals surface area contributed by atoms with Crippen molar-refractivity contribution < 1.29 is 13.2 Å². The number of benzene rings is 3. The first-order valence-electron chi connectivity index (χ1n) is 9.31. The molecule has 3 aromatic rings. The van der Waals surface area contributed by atoms with E-state index in [4.69, 9.17) is 0 Å². The van der Waals surface area contributed by atoms with Crippen LogP contribution in [0.4, 0.5) is 5.69 Å². The highest BCUT2D eigenvalue weighted by molar-refractivity contribution is 7.89. The van der Waals surface area contributed by atoms with Crippen LogP contribution >= 0.6 is 0 Å². The fourth-order valence-corrected chi connectivity index (χ4v) is 4.57. The second kappa shape index (κ2) is 8.54. The zero-order valence-electron chi connectivity index (χ0n) is 16.1. The highest BCUT2D eigenvalue weighted by Gasteiger charge is 2.21. The number of ketones is 1. The maximum absolute atomic E-state index is 12.5. The van der Waals surface area contributed by atoms with E-state index in [2.05, 4.69) is 5.32 Å². The summed E-state index contributed by atoms with van der Waals surface area (Å²) < 4.78 is 26.4. The van der Waals surface area contributed by atoms with Gasteiger partial charge >= 0.3 is 0 Å². The van der Waals surface area contributed by atoms with Crippen molar-refractivity contribution in [1.29, 1.82) is 0 Å². The van der Waals surface area contributed by atoms with Gasteiger partial charge in [0.2, 0.25) is 10.0 Å². The molecule has 28 heavy (non-hydrogen) atoms. The zero-order valence-corrected chi connectivity index (χ0v) is 16.9. The summed E-state index contributed by atoms with van der Waals surface area (Å²) in [7, 11) is -3.51. The summed E-state index contributed by atoms with van der Waals surface area (Å²) in [6.07, 6.45) is 0. The van der Waals surface area contributed by atoms with Gasteiger partial charge in [-0.3, -0.25) is 4.79 Å². The van der Waals surface area contributed by atoms with Gasteiger partial charge in [-0.25, -0.2) is 8.42 Å². The molecule has 5 nitrogen and oxygen atoms in total. The van der Waals surface area contributed by atoms with E-state index < -0.39 is 10.0 Å². The lowest BCUT2D eigenvalue weighted by Crippen LogP contribution is -2.30. The molecule has 0 aromatic heterocycles. The van der Waals surface area contributed by atoms with Crippen LogP contribution in [0.1, 0.15) is 24.2 Å². The number of hydrogen-bond acceptors (Lipinski definition) is 4. The van der Waals surface area contributed by atoms with Gasteiger partial charge in [0.1, 0.15) is 0 Å². The van der Waals surface area contributed by atoms with E-state index in [-0.39, 0.29) is 17.2 Å². The Morgan fingerprint density at radius 2 is 1.54 bits per heavy atom. The first-order chi connectivity index (χ1) is 13.5. The van der Waals surface area contributed by atoms with Crippen LogP contribution in [0.3, 0.4) is 0 Å². The number of Topliss-reactive ketones (excluding diaryl/α,β-unsaturated/α-hetero) is 1. The van der Waals surface area contributed by atoms with Crippen LogP contribution in [0.2, 0.25) is 0 Å². The van der Waals surface area contributed by atoms with E-state index in [1.165, 1.54) is 16.4 Å². The zero-order chi connectivity index (χ0) is 20.1. The molecule has 0 spiro atoms. The Kier molecular flexibility index (Phi) is 6.11. The van der Waals surface area contributed by atoms with Gasteiger partial charge in [-0.15, -0.1) is 0 Å². The number of fused-ring (bicyclic) bond motifs is 1. The lowest BCUT2D eigenvalue weighted by Gasteiger charge is -2.18. The third kappa shape index (κ3) is 4.24. The molecule has 0 aliphatic rings. The number of hydrogen-bond donors (Lipinski definition) is 1. The molecule has 146 valence electrons. The molecule has 0 saturated carbocycles. The lowest BCUT2D eigenvalue weighted by atomic mass is 10.1. The van der Waals surface area contributed by atoms with E-state index >= 15 is 0 Å². The number of rotatable bonds is 8. The van der Waals surface area contributed by atoms with Crippen molar-refractivity contribution >= 4 is 32.3 Å². The normalized spacial score (nSPS) is 11.7. The summed E-state index contributed by atoms with van der Waals surface area (Å²) in [5.74, 6) is -0.0973. The molecule has 3 aromatic carbocycles. The summed E-state index contributed by atoms with van der Waals surface area (Å²) in [6, 6.07) is 20.1. The fourth-order valence-electron chi connectivity index (χ4n) is 3.11. The van der Waals surface area contributed by atoms with Gasteiger partial charge in [-0.1, -0.05) is 44.2 Å². The maximum atomic E-state index is 12.5. The predicted molar refractivity (Wildman–Crippen MR) is 113 cm³/mol. The topological polar surface area (TPSA) is 66.5 Å². The predicted octanol–water partition coefficient (Wildman–Crippen LogP) is 4.17. The number of nitrogens with one attached hydrogen (secondary N) is 1. The van der Waals surface area contributed by atoms with Crippen LogP contribution in [0.25, 0.3) is 10.8 Å². The van der Waals surface area contributed by atoms with Crippen LogP contribution in [0.5, 0.6) is 0 Å². The first kappa shape index (κ1) is 20.0. The Bertz CT molecular complexity index is 1070. The Morgan fingerprint density at radius 3 is 2.18 bits per heavy atom. The van der Waals surface area contributed by atoms with Crippen molar-refractivity contribution in [3.05, 3.63) is 72.3 Å². The minimum atomic E-state index is -3.51. The number of carbonyl (C=O) groups is 1. The van der Waals surface area contributed by atoms with E-state index in [0.29, 0.717) is 18.7 Å². The van der Waals surface area contributed by atoms with Crippen molar-refractivity contribution in [2.45, 2.75) is 18.7 Å². The smallest absolute Gasteiger partial charge is 0.243 e. The lowest BCUT2D eigenvalue weighted by molar-refractivity contribution is 0.101. The van der Waals surface area contributed by atoms with Gasteiger partial charge in [-0.2, -0.15) is 4.31 Å². The summed E-state index contributed by atoms with van der Waals surface area (Å²) in [4.78, 5) is 12.7. The first-order valence-corrected chi connectivity index (χ1v) is 10.8. The molecule has 6 heteroatoms. The number of sulfonamides is 1. The molecule has 0 bridgehead atoms. The highest BCUT2D eigenvalue weighted by atomic mass is 32.2. The van der Waals surface area contributed by atoms with Crippen LogP contribution in [0, 0.1) is 0 Å². The Hall–Kier alpha value is -2.70. The summed E-state index contributed by atoms with van der Waals surface area (Å²) in [6.45, 7) is 4.57. The molecule has 0 saturated heterocycles. The molecule has 0 amide bonds. The molecule has 0 aliphatic heterocycles. The Balaban J connectivity index is 1.69. The molecular formula is C22H24N2O3S. The van der Waals surface area contributed by atoms with Gasteiger partial charge in [0, 0.05) is 24.3 Å². The molecular weight excluding hydrogens is 372 g/mol. The van der Waals surface area contributed by atoms with Gasteiger partial charge in [-0.05, 0) is 47.2 Å². The van der Waals surface area contributed by atoms with Crippen molar-refractivity contribution in [2.24, 2.45) is 0 Å². The van der Waals surface area contributed by atoms with Crippen molar-refractivity contribution in [3.8, 4) is 0 Å². The minimum Gasteiger partial charge on any atom is -0.378 e. The minimum absolute atomic E-state index is 0.0973. The molecule has 0 fully saturated rings. The van der Waals surface area contributed by atoms with Crippen LogP contribution < -0.4 is 5.32 Å². The third-order valence-electron chi connectivity index (χ3n) is 4.72. The van der Waals surface area contributed by atoms with E-state index in [9.17, 15) is 13.2 Å². The van der Waals surface area contributed by atoms with Crippen molar-refractivity contribution in [2.75, 3.05) is 25.0 Å². The van der Waals surface area contributed by atoms with Crippen LogP contribution in [-0.2, 0) is 10.0 Å². The summed E-state index contributed by atoms with van der Waals surface area (Å²) in [5.41, 5.74) is 1.35. The molecule has 0 heterocycles. The SMILES string of the molecule is CCN(CC)S(=O)(=O)c1ccc(C(=O)CNc2ccc3ccccc3c2)cc1. The molecule has 3 rings (SSSR count). The standard InChI is InChI=1S/C22H24N2O3S/c1-3-24(4-2)28(26,27)21-13-10-18(11-14-21)22(25)16-23-20-12-9-17-7-5-6-8-19(17)15-20/h5-15,23H,3-4,16H2,1-2H3. The van der Waals surface area contributed by atoms with Gasteiger partial charge in [0.15, 0.2) is 5.78 Å². The highest BCUT2D eigenvalue weighted by Crippen LogP contribution is 2.19. The van der Waals surface area contributed by atoms with Gasteiger partial charge in [0.25, 0.3) is 0 Å². The summed E-state index contributed by atoms with van der Waals surface area (Å²) >= 11 is 0. The number of nitrogens with zero attached hydrogens (tertiary/aromatic N) is 1. The third-order valence-corrected chi connectivity index (χ3v) is 6.79. The van der Waals surface area contributed by atoms with E-state index in [1.807, 2.05) is 42.5 Å². The number of anilines is 1. The van der Waals surface area contributed by atoms with E-state index in [0.717, 1.165) is 16.5 Å². The molecule has 0 aliphatic carbocycles. The van der Waals surface area contributed by atoms with E-state index in [1.54, 1.807) is 26.0 Å². The van der Waals surface area contributed by atoms with Crippen molar-refractivity contribution in [1.82, 2.24) is 4.31 Å². The second-order valence-corrected chi connectivity index (χ2v) is 8.39. The van der Waals surface area contributed by atoms with Crippen LogP contribution in [0.15, 0.2) is 71.6 Å². The Labute approximate surface area is 166 Å². The molecule has 0 atom stereocenters. The second-order valence-electron chi connectivity index (χ2n) is 6.45. The quantitative estimate of drug-likeness (QED) is 0.581. The summed E-state index contributed by atoms with van der Waals surface area (Å²) in [5, 5.41) is 5.39.